The van der Waals surface area contributed by atoms with Gasteiger partial charge in [-0.2, -0.15) is 0 Å². The molecule has 0 spiro atoms. The lowest BCUT2D eigenvalue weighted by atomic mass is 9.65. The van der Waals surface area contributed by atoms with Gasteiger partial charge in [-0.25, -0.2) is 0 Å². The van der Waals surface area contributed by atoms with E-state index in [0.717, 1.165) is 23.8 Å². The number of carbonyl (C=O) groups excluding carboxylic acids is 1. The lowest BCUT2D eigenvalue weighted by Crippen LogP contribution is -2.28. The predicted octanol–water partition coefficient (Wildman–Crippen LogP) is 6.79. The molecule has 1 atom stereocenters. The number of rotatable bonds is 8. The van der Waals surface area contributed by atoms with Crippen LogP contribution in [0.4, 0.5) is 0 Å². The molecule has 1 aromatic carbocycles. The fourth-order valence-corrected chi connectivity index (χ4v) is 4.64. The van der Waals surface area contributed by atoms with E-state index < -0.39 is 0 Å². The lowest BCUT2D eigenvalue weighted by Gasteiger charge is -2.39. The van der Waals surface area contributed by atoms with Gasteiger partial charge in [-0.05, 0) is 42.2 Å². The van der Waals surface area contributed by atoms with Gasteiger partial charge in [-0.15, -0.1) is 0 Å². The first-order valence-electron chi connectivity index (χ1n) is 10.2. The molecular weight excluding hydrogens is 306 g/mol. The molecule has 0 saturated heterocycles. The molecule has 0 bridgehead atoms. The van der Waals surface area contributed by atoms with Crippen LogP contribution < -0.4 is 0 Å². The van der Waals surface area contributed by atoms with Gasteiger partial charge in [0.1, 0.15) is 6.29 Å². The van der Waals surface area contributed by atoms with Gasteiger partial charge in [0.2, 0.25) is 0 Å². The summed E-state index contributed by atoms with van der Waals surface area (Å²) in [5.74, 6) is 0.623. The van der Waals surface area contributed by atoms with Crippen molar-refractivity contribution in [2.45, 2.75) is 84.5 Å². The van der Waals surface area contributed by atoms with Crippen LogP contribution in [-0.4, -0.2) is 11.3 Å². The molecule has 1 heterocycles. The Balaban J connectivity index is 1.81. The third kappa shape index (κ3) is 3.83. The predicted molar refractivity (Wildman–Crippen MR) is 107 cm³/mol. The number of benzene rings is 1. The molecule has 3 rings (SSSR count). The van der Waals surface area contributed by atoms with Crippen LogP contribution in [0.25, 0.3) is 10.9 Å². The van der Waals surface area contributed by atoms with Crippen molar-refractivity contribution in [3.05, 3.63) is 35.0 Å². The Kier molecular flexibility index (Phi) is 5.66. The van der Waals surface area contributed by atoms with Crippen molar-refractivity contribution in [3.8, 4) is 0 Å². The minimum Gasteiger partial charge on any atom is -0.358 e. The molecule has 136 valence electrons. The van der Waals surface area contributed by atoms with Gasteiger partial charge in [0.05, 0.1) is 0 Å². The molecule has 2 nitrogen and oxygen atoms in total. The van der Waals surface area contributed by atoms with Crippen LogP contribution >= 0.6 is 0 Å². The van der Waals surface area contributed by atoms with Gasteiger partial charge in [-0.1, -0.05) is 71.4 Å². The summed E-state index contributed by atoms with van der Waals surface area (Å²) in [5, 5.41) is 1.34. The number of aldehydes is 1. The Bertz CT molecular complexity index is 725. The third-order valence-electron chi connectivity index (χ3n) is 6.24. The number of aryl methyl sites for hydroxylation is 1. The monoisotopic (exact) mass is 339 g/mol. The highest BCUT2D eigenvalue weighted by molar-refractivity contribution is 5.90. The Labute approximate surface area is 152 Å². The first kappa shape index (κ1) is 18.2. The van der Waals surface area contributed by atoms with E-state index in [9.17, 15) is 4.79 Å². The number of nitrogens with one attached hydrogen (secondary N) is 1. The smallest absolute Gasteiger partial charge is 0.150 e. The van der Waals surface area contributed by atoms with Crippen molar-refractivity contribution in [1.82, 2.24) is 4.98 Å². The van der Waals surface area contributed by atoms with E-state index in [0.29, 0.717) is 11.3 Å². The van der Waals surface area contributed by atoms with Crippen molar-refractivity contribution in [1.29, 1.82) is 0 Å². The van der Waals surface area contributed by atoms with Gasteiger partial charge in [0.25, 0.3) is 0 Å². The zero-order valence-electron chi connectivity index (χ0n) is 16.2. The molecule has 1 N–H and O–H groups in total. The largest absolute Gasteiger partial charge is 0.358 e. The maximum Gasteiger partial charge on any atom is 0.150 e. The molecule has 0 saturated carbocycles. The van der Waals surface area contributed by atoms with Gasteiger partial charge in [-0.3, -0.25) is 4.79 Å². The Morgan fingerprint density at radius 3 is 2.68 bits per heavy atom. The molecule has 2 aromatic rings. The normalized spacial score (nSPS) is 19.1. The number of carbonyl (C=O) groups is 1. The van der Waals surface area contributed by atoms with Crippen LogP contribution in [-0.2, 0) is 6.42 Å². The van der Waals surface area contributed by atoms with Crippen LogP contribution in [0, 0.1) is 5.41 Å². The summed E-state index contributed by atoms with van der Waals surface area (Å²) >= 11 is 0. The zero-order valence-corrected chi connectivity index (χ0v) is 16.2. The minimum absolute atomic E-state index is 0.356. The summed E-state index contributed by atoms with van der Waals surface area (Å²) in [6.45, 7) is 7.16. The van der Waals surface area contributed by atoms with Crippen molar-refractivity contribution in [3.63, 3.8) is 0 Å². The molecule has 1 unspecified atom stereocenters. The molecule has 0 amide bonds. The van der Waals surface area contributed by atoms with Crippen LogP contribution in [0.1, 0.15) is 99.7 Å². The van der Waals surface area contributed by atoms with E-state index >= 15 is 0 Å². The number of hydrogen-bond acceptors (Lipinski definition) is 1. The first-order valence-corrected chi connectivity index (χ1v) is 10.2. The summed E-state index contributed by atoms with van der Waals surface area (Å²) in [4.78, 5) is 14.7. The topological polar surface area (TPSA) is 32.9 Å². The van der Waals surface area contributed by atoms with E-state index in [1.165, 1.54) is 68.0 Å². The second-order valence-corrected chi connectivity index (χ2v) is 8.54. The van der Waals surface area contributed by atoms with Gasteiger partial charge >= 0.3 is 0 Å². The molecule has 0 radical (unpaired) electrons. The Morgan fingerprint density at radius 1 is 1.16 bits per heavy atom. The quantitative estimate of drug-likeness (QED) is 0.417. The zero-order chi connectivity index (χ0) is 17.9. The fraction of sp³-hybridized carbons (Fsp3) is 0.609. The van der Waals surface area contributed by atoms with Crippen LogP contribution in [0.2, 0.25) is 0 Å². The second kappa shape index (κ2) is 7.76. The molecule has 0 fully saturated rings. The highest BCUT2D eigenvalue weighted by Gasteiger charge is 2.37. The second-order valence-electron chi connectivity index (χ2n) is 8.54. The van der Waals surface area contributed by atoms with Crippen LogP contribution in [0.5, 0.6) is 0 Å². The number of aromatic nitrogens is 1. The average molecular weight is 340 g/mol. The number of H-pyrrole nitrogens is 1. The standard InChI is InChI=1S/C23H33NO/c1-4-5-6-7-8-9-10-19-22-18-12-11-17(16-25)15-21(18)24-20(22)13-14-23(19,2)3/h11-12,15-16,19,24H,4-10,13-14H2,1-3H3. The summed E-state index contributed by atoms with van der Waals surface area (Å²) < 4.78 is 0. The van der Waals surface area contributed by atoms with Crippen molar-refractivity contribution in [2.75, 3.05) is 0 Å². The SMILES string of the molecule is CCCCCCCCC1c2c([nH]c3cc(C=O)ccc23)CCC1(C)C. The van der Waals surface area contributed by atoms with Gasteiger partial charge in [0, 0.05) is 22.2 Å². The highest BCUT2D eigenvalue weighted by atomic mass is 16.1. The minimum atomic E-state index is 0.356. The van der Waals surface area contributed by atoms with Gasteiger partial charge in [0.15, 0.2) is 0 Å². The van der Waals surface area contributed by atoms with E-state index in [-0.39, 0.29) is 0 Å². The summed E-state index contributed by atoms with van der Waals surface area (Å²) in [7, 11) is 0. The first-order chi connectivity index (χ1) is 12.1. The molecule has 0 aliphatic heterocycles. The maximum absolute atomic E-state index is 11.1. The number of aromatic amines is 1. The number of unbranched alkanes of at least 4 members (excludes halogenated alkanes) is 5. The molecule has 1 aromatic heterocycles. The van der Waals surface area contributed by atoms with Crippen LogP contribution in [0.3, 0.4) is 0 Å². The van der Waals surface area contributed by atoms with E-state index in [1.54, 1.807) is 0 Å². The third-order valence-corrected chi connectivity index (χ3v) is 6.24. The molecular formula is C23H33NO. The average Bonchev–Trinajstić information content (AvgIpc) is 2.96. The Morgan fingerprint density at radius 2 is 1.92 bits per heavy atom. The fourth-order valence-electron chi connectivity index (χ4n) is 4.64. The van der Waals surface area contributed by atoms with Gasteiger partial charge < -0.3 is 4.98 Å². The summed E-state index contributed by atoms with van der Waals surface area (Å²) in [6, 6.07) is 6.13. The van der Waals surface area contributed by atoms with Crippen LogP contribution in [0.15, 0.2) is 18.2 Å². The molecule has 1 aliphatic rings. The lowest BCUT2D eigenvalue weighted by molar-refractivity contribution is 0.112. The van der Waals surface area contributed by atoms with Crippen molar-refractivity contribution >= 4 is 17.2 Å². The summed E-state index contributed by atoms with van der Waals surface area (Å²) in [5.41, 5.74) is 5.21. The van der Waals surface area contributed by atoms with E-state index in [1.807, 2.05) is 12.1 Å². The molecule has 25 heavy (non-hydrogen) atoms. The van der Waals surface area contributed by atoms with Crippen molar-refractivity contribution < 1.29 is 4.79 Å². The van der Waals surface area contributed by atoms with Crippen molar-refractivity contribution in [2.24, 2.45) is 5.41 Å². The molecule has 1 aliphatic carbocycles. The number of fused-ring (bicyclic) bond motifs is 3. The Hall–Kier alpha value is -1.57. The highest BCUT2D eigenvalue weighted by Crippen LogP contribution is 2.50. The van der Waals surface area contributed by atoms with E-state index in [4.69, 9.17) is 0 Å². The number of hydrogen-bond donors (Lipinski definition) is 1. The molecule has 2 heteroatoms. The van der Waals surface area contributed by atoms with E-state index in [2.05, 4.69) is 31.8 Å². The maximum atomic E-state index is 11.1. The summed E-state index contributed by atoms with van der Waals surface area (Å²) in [6.07, 6.45) is 12.7.